The van der Waals surface area contributed by atoms with Gasteiger partial charge in [-0.3, -0.25) is 4.99 Å². The van der Waals surface area contributed by atoms with E-state index < -0.39 is 0 Å². The van der Waals surface area contributed by atoms with Gasteiger partial charge in [0.2, 0.25) is 5.75 Å². The Kier molecular flexibility index (Phi) is 8.27. The minimum Gasteiger partial charge on any atom is -0.493 e. The zero-order valence-corrected chi connectivity index (χ0v) is 17.2. The highest BCUT2D eigenvalue weighted by atomic mass is 16.5. The quantitative estimate of drug-likeness (QED) is 0.392. The smallest absolute Gasteiger partial charge is 0.203 e. The standard InChI is InChI=1S/C21H29N3O4/c1-15-7-6-8-17(11-15)28-10-9-23-21(22-2)24-14-16-12-18(25-3)20(27-5)19(13-16)26-4/h6-8,11-13H,9-10,14H2,1-5H3,(H2,22,23,24). The second-order valence-corrected chi connectivity index (χ2v) is 6.05. The molecule has 2 aromatic carbocycles. The van der Waals surface area contributed by atoms with Crippen LogP contribution in [0.25, 0.3) is 0 Å². The van der Waals surface area contributed by atoms with Crippen LogP contribution in [0.1, 0.15) is 11.1 Å². The van der Waals surface area contributed by atoms with Crippen LogP contribution in [0.3, 0.4) is 0 Å². The summed E-state index contributed by atoms with van der Waals surface area (Å²) in [4.78, 5) is 4.23. The number of guanidine groups is 1. The molecule has 152 valence electrons. The number of aliphatic imine (C=N–C) groups is 1. The summed E-state index contributed by atoms with van der Waals surface area (Å²) < 4.78 is 21.9. The molecule has 0 amide bonds. The lowest BCUT2D eigenvalue weighted by atomic mass is 10.2. The molecule has 2 rings (SSSR count). The Morgan fingerprint density at radius 1 is 0.964 bits per heavy atom. The van der Waals surface area contributed by atoms with Gasteiger partial charge in [-0.15, -0.1) is 0 Å². The fourth-order valence-corrected chi connectivity index (χ4v) is 2.69. The molecular weight excluding hydrogens is 358 g/mol. The van der Waals surface area contributed by atoms with Gasteiger partial charge in [0, 0.05) is 13.6 Å². The van der Waals surface area contributed by atoms with Crippen molar-refractivity contribution in [3.05, 3.63) is 47.5 Å². The predicted molar refractivity (Wildman–Crippen MR) is 111 cm³/mol. The number of aryl methyl sites for hydroxylation is 1. The van der Waals surface area contributed by atoms with E-state index in [1.165, 1.54) is 5.56 Å². The first-order chi connectivity index (χ1) is 13.6. The van der Waals surface area contributed by atoms with E-state index in [2.05, 4.69) is 15.6 Å². The second kappa shape index (κ2) is 10.9. The van der Waals surface area contributed by atoms with Gasteiger partial charge in [-0.05, 0) is 42.3 Å². The number of ether oxygens (including phenoxy) is 4. The van der Waals surface area contributed by atoms with Gasteiger partial charge in [-0.2, -0.15) is 0 Å². The summed E-state index contributed by atoms with van der Waals surface area (Å²) in [6.45, 7) is 3.76. The molecule has 7 nitrogen and oxygen atoms in total. The summed E-state index contributed by atoms with van der Waals surface area (Å²) in [5.74, 6) is 3.36. The fourth-order valence-electron chi connectivity index (χ4n) is 2.69. The highest BCUT2D eigenvalue weighted by Gasteiger charge is 2.13. The summed E-state index contributed by atoms with van der Waals surface area (Å²) >= 11 is 0. The van der Waals surface area contributed by atoms with Gasteiger partial charge in [0.05, 0.1) is 27.9 Å². The Morgan fingerprint density at radius 2 is 1.68 bits per heavy atom. The molecule has 0 fully saturated rings. The minimum atomic E-state index is 0.536. The molecule has 2 N–H and O–H groups in total. The Hall–Kier alpha value is -3.09. The van der Waals surface area contributed by atoms with Crippen LogP contribution >= 0.6 is 0 Å². The maximum Gasteiger partial charge on any atom is 0.203 e. The van der Waals surface area contributed by atoms with Crippen LogP contribution in [-0.4, -0.2) is 47.5 Å². The van der Waals surface area contributed by atoms with Gasteiger partial charge in [-0.1, -0.05) is 12.1 Å². The van der Waals surface area contributed by atoms with Crippen molar-refractivity contribution in [3.8, 4) is 23.0 Å². The van der Waals surface area contributed by atoms with Crippen LogP contribution in [0, 0.1) is 6.92 Å². The van der Waals surface area contributed by atoms with E-state index in [0.717, 1.165) is 11.3 Å². The third-order valence-electron chi connectivity index (χ3n) is 4.06. The van der Waals surface area contributed by atoms with Gasteiger partial charge < -0.3 is 29.6 Å². The van der Waals surface area contributed by atoms with E-state index in [4.69, 9.17) is 18.9 Å². The van der Waals surface area contributed by atoms with Gasteiger partial charge in [0.1, 0.15) is 12.4 Å². The van der Waals surface area contributed by atoms with E-state index in [1.54, 1.807) is 28.4 Å². The van der Waals surface area contributed by atoms with E-state index in [0.29, 0.717) is 42.9 Å². The maximum atomic E-state index is 5.74. The van der Waals surface area contributed by atoms with Crippen LogP contribution in [0.5, 0.6) is 23.0 Å². The number of nitrogens with zero attached hydrogens (tertiary/aromatic N) is 1. The highest BCUT2D eigenvalue weighted by molar-refractivity contribution is 5.79. The average Bonchev–Trinajstić information content (AvgIpc) is 2.72. The lowest BCUT2D eigenvalue weighted by Gasteiger charge is -2.16. The van der Waals surface area contributed by atoms with Crippen LogP contribution in [0.4, 0.5) is 0 Å². The van der Waals surface area contributed by atoms with Crippen molar-refractivity contribution in [1.82, 2.24) is 10.6 Å². The number of hydrogen-bond acceptors (Lipinski definition) is 5. The first-order valence-corrected chi connectivity index (χ1v) is 9.04. The number of rotatable bonds is 9. The number of hydrogen-bond donors (Lipinski definition) is 2. The third kappa shape index (κ3) is 5.97. The molecule has 0 heterocycles. The fraction of sp³-hybridized carbons (Fsp3) is 0.381. The van der Waals surface area contributed by atoms with Crippen LogP contribution in [0.2, 0.25) is 0 Å². The van der Waals surface area contributed by atoms with E-state index in [1.807, 2.05) is 43.3 Å². The molecule has 0 aliphatic carbocycles. The largest absolute Gasteiger partial charge is 0.493 e. The predicted octanol–water partition coefficient (Wildman–Crippen LogP) is 2.76. The zero-order chi connectivity index (χ0) is 20.4. The number of methoxy groups -OCH3 is 3. The first kappa shape index (κ1) is 21.2. The molecule has 28 heavy (non-hydrogen) atoms. The molecule has 0 bridgehead atoms. The SMILES string of the molecule is CN=C(NCCOc1cccc(C)c1)NCc1cc(OC)c(OC)c(OC)c1. The lowest BCUT2D eigenvalue weighted by Crippen LogP contribution is -2.38. The molecule has 2 aromatic rings. The highest BCUT2D eigenvalue weighted by Crippen LogP contribution is 2.38. The topological polar surface area (TPSA) is 73.3 Å². The van der Waals surface area contributed by atoms with Gasteiger partial charge in [0.15, 0.2) is 17.5 Å². The van der Waals surface area contributed by atoms with E-state index >= 15 is 0 Å². The molecule has 0 aromatic heterocycles. The molecule has 0 saturated heterocycles. The van der Waals surface area contributed by atoms with Crippen molar-refractivity contribution < 1.29 is 18.9 Å². The third-order valence-corrected chi connectivity index (χ3v) is 4.06. The summed E-state index contributed by atoms with van der Waals surface area (Å²) in [7, 11) is 6.52. The van der Waals surface area contributed by atoms with Crippen LogP contribution in [0.15, 0.2) is 41.4 Å². The Bertz CT molecular complexity index is 768. The second-order valence-electron chi connectivity index (χ2n) is 6.05. The number of nitrogens with one attached hydrogen (secondary N) is 2. The molecule has 0 aliphatic rings. The van der Waals surface area contributed by atoms with Gasteiger partial charge in [0.25, 0.3) is 0 Å². The van der Waals surface area contributed by atoms with E-state index in [9.17, 15) is 0 Å². The minimum absolute atomic E-state index is 0.536. The number of benzene rings is 2. The first-order valence-electron chi connectivity index (χ1n) is 9.04. The van der Waals surface area contributed by atoms with Crippen LogP contribution in [-0.2, 0) is 6.54 Å². The van der Waals surface area contributed by atoms with Crippen molar-refractivity contribution in [1.29, 1.82) is 0 Å². The normalized spacial score (nSPS) is 11.0. The molecule has 0 spiro atoms. The Labute approximate surface area is 166 Å². The van der Waals surface area contributed by atoms with Crippen molar-refractivity contribution in [2.45, 2.75) is 13.5 Å². The maximum absolute atomic E-state index is 5.74. The van der Waals surface area contributed by atoms with Gasteiger partial charge in [-0.25, -0.2) is 0 Å². The van der Waals surface area contributed by atoms with Crippen molar-refractivity contribution in [2.24, 2.45) is 4.99 Å². The van der Waals surface area contributed by atoms with Crippen molar-refractivity contribution in [3.63, 3.8) is 0 Å². The Morgan fingerprint density at radius 3 is 2.25 bits per heavy atom. The summed E-state index contributed by atoms with van der Waals surface area (Å²) in [6.07, 6.45) is 0. The summed E-state index contributed by atoms with van der Waals surface area (Å²) in [5.41, 5.74) is 2.15. The van der Waals surface area contributed by atoms with Crippen molar-refractivity contribution >= 4 is 5.96 Å². The monoisotopic (exact) mass is 387 g/mol. The molecule has 0 radical (unpaired) electrons. The molecule has 0 atom stereocenters. The molecule has 0 unspecified atom stereocenters. The van der Waals surface area contributed by atoms with E-state index in [-0.39, 0.29) is 0 Å². The average molecular weight is 387 g/mol. The Balaban J connectivity index is 1.86. The van der Waals surface area contributed by atoms with Crippen molar-refractivity contribution in [2.75, 3.05) is 41.5 Å². The zero-order valence-electron chi connectivity index (χ0n) is 17.2. The molecule has 0 saturated carbocycles. The summed E-state index contributed by atoms with van der Waals surface area (Å²) in [6, 6.07) is 11.8. The lowest BCUT2D eigenvalue weighted by molar-refractivity contribution is 0.321. The molecular formula is C21H29N3O4. The van der Waals surface area contributed by atoms with Crippen LogP contribution < -0.4 is 29.6 Å². The molecule has 7 heteroatoms. The summed E-state index contributed by atoms with van der Waals surface area (Å²) in [5, 5.41) is 6.50. The van der Waals surface area contributed by atoms with Gasteiger partial charge >= 0.3 is 0 Å². The molecule has 0 aliphatic heterocycles.